The summed E-state index contributed by atoms with van der Waals surface area (Å²) in [5.74, 6) is 1.63. The Morgan fingerprint density at radius 3 is 2.76 bits per heavy atom. The topological polar surface area (TPSA) is 85.3 Å². The van der Waals surface area contributed by atoms with Crippen LogP contribution in [0, 0.1) is 5.92 Å². The highest BCUT2D eigenvalue weighted by molar-refractivity contribution is 8.15. The molecule has 5 rings (SSSR count). The Labute approximate surface area is 174 Å². The molecule has 4 aliphatic rings. The number of thioether (sulfide) groups is 1. The third-order valence-corrected chi connectivity index (χ3v) is 9.37. The van der Waals surface area contributed by atoms with Crippen LogP contribution in [0.1, 0.15) is 37.7 Å². The molecule has 3 fully saturated rings. The molecule has 1 aliphatic carbocycles. The number of sulfone groups is 1. The molecule has 156 valence electrons. The van der Waals surface area contributed by atoms with Crippen LogP contribution in [0.25, 0.3) is 0 Å². The van der Waals surface area contributed by atoms with E-state index in [1.54, 1.807) is 0 Å². The molecule has 2 atom stereocenters. The summed E-state index contributed by atoms with van der Waals surface area (Å²) >= 11 is 1.45. The molecule has 7 nitrogen and oxygen atoms in total. The standard InChI is InChI=1S/C20H24N2O5S2/c23-19(14-4-2-1-3-5-14)21-20-22(15-10-29(24,25)11-18(15)28-20)9-13-6-7-16-17(8-13)27-12-26-16/h6-8,14-15,18H,1-5,9-12H2/t15-,18+/m0/s1. The van der Waals surface area contributed by atoms with Crippen molar-refractivity contribution in [2.24, 2.45) is 10.9 Å². The summed E-state index contributed by atoms with van der Waals surface area (Å²) < 4.78 is 35.2. The molecular formula is C20H24N2O5S2. The van der Waals surface area contributed by atoms with Gasteiger partial charge in [-0.25, -0.2) is 8.42 Å². The zero-order valence-corrected chi connectivity index (χ0v) is 17.7. The maximum absolute atomic E-state index is 12.8. The second-order valence-corrected chi connectivity index (χ2v) is 11.5. The van der Waals surface area contributed by atoms with Crippen molar-refractivity contribution >= 4 is 32.7 Å². The van der Waals surface area contributed by atoms with Crippen LogP contribution in [0.2, 0.25) is 0 Å². The molecule has 3 aliphatic heterocycles. The number of amidine groups is 1. The van der Waals surface area contributed by atoms with Gasteiger partial charge in [0.1, 0.15) is 0 Å². The molecule has 29 heavy (non-hydrogen) atoms. The first-order chi connectivity index (χ1) is 14.0. The SMILES string of the molecule is O=C(N=C1S[C@@H]2CS(=O)(=O)C[C@@H]2N1Cc1ccc2c(c1)OCO2)C1CCCCC1. The minimum Gasteiger partial charge on any atom is -0.454 e. The summed E-state index contributed by atoms with van der Waals surface area (Å²) in [6.07, 6.45) is 5.16. The quantitative estimate of drug-likeness (QED) is 0.720. The molecule has 0 unspecified atom stereocenters. The molecule has 0 bridgehead atoms. The van der Waals surface area contributed by atoms with Gasteiger partial charge in [0.2, 0.25) is 6.79 Å². The minimum absolute atomic E-state index is 0.00779. The summed E-state index contributed by atoms with van der Waals surface area (Å²) in [5.41, 5.74) is 0.984. The summed E-state index contributed by atoms with van der Waals surface area (Å²) in [5, 5.41) is 0.607. The first-order valence-electron chi connectivity index (χ1n) is 10.1. The van der Waals surface area contributed by atoms with Crippen LogP contribution in [-0.2, 0) is 21.2 Å². The van der Waals surface area contributed by atoms with Crippen molar-refractivity contribution in [3.05, 3.63) is 23.8 Å². The second-order valence-electron chi connectivity index (χ2n) is 8.18. The van der Waals surface area contributed by atoms with E-state index in [0.717, 1.165) is 31.2 Å². The Balaban J connectivity index is 1.41. The lowest BCUT2D eigenvalue weighted by molar-refractivity contribution is -0.122. The van der Waals surface area contributed by atoms with Crippen LogP contribution in [-0.4, -0.2) is 54.0 Å². The highest BCUT2D eigenvalue weighted by atomic mass is 32.2. The third-order valence-electron chi connectivity index (χ3n) is 6.13. The van der Waals surface area contributed by atoms with Gasteiger partial charge in [-0.05, 0) is 30.5 Å². The van der Waals surface area contributed by atoms with E-state index >= 15 is 0 Å². The summed E-state index contributed by atoms with van der Waals surface area (Å²) in [7, 11) is -3.06. The normalized spacial score (nSPS) is 29.4. The molecule has 2 saturated heterocycles. The van der Waals surface area contributed by atoms with Crippen LogP contribution in [0.3, 0.4) is 0 Å². The molecule has 0 N–H and O–H groups in total. The monoisotopic (exact) mass is 436 g/mol. The van der Waals surface area contributed by atoms with E-state index in [0.29, 0.717) is 23.2 Å². The van der Waals surface area contributed by atoms with Gasteiger partial charge in [0.05, 0.1) is 17.5 Å². The van der Waals surface area contributed by atoms with Crippen molar-refractivity contribution in [3.63, 3.8) is 0 Å². The fourth-order valence-corrected chi connectivity index (χ4v) is 8.55. The number of carbonyl (C=O) groups is 1. The van der Waals surface area contributed by atoms with Gasteiger partial charge in [-0.2, -0.15) is 4.99 Å². The van der Waals surface area contributed by atoms with Crippen molar-refractivity contribution in [3.8, 4) is 11.5 Å². The van der Waals surface area contributed by atoms with Crippen LogP contribution >= 0.6 is 11.8 Å². The number of fused-ring (bicyclic) bond motifs is 2. The maximum Gasteiger partial charge on any atom is 0.251 e. The van der Waals surface area contributed by atoms with Gasteiger partial charge >= 0.3 is 0 Å². The first kappa shape index (κ1) is 19.2. The lowest BCUT2D eigenvalue weighted by Gasteiger charge is -2.25. The predicted octanol–water partition coefficient (Wildman–Crippen LogP) is 2.59. The molecule has 1 aromatic rings. The Bertz CT molecular complexity index is 956. The van der Waals surface area contributed by atoms with Crippen LogP contribution < -0.4 is 9.47 Å². The van der Waals surface area contributed by atoms with Gasteiger partial charge in [-0.3, -0.25) is 4.79 Å². The zero-order chi connectivity index (χ0) is 20.0. The predicted molar refractivity (Wildman–Crippen MR) is 111 cm³/mol. The van der Waals surface area contributed by atoms with E-state index in [1.165, 1.54) is 18.2 Å². The zero-order valence-electron chi connectivity index (χ0n) is 16.1. The molecule has 0 spiro atoms. The summed E-state index contributed by atoms with van der Waals surface area (Å²) in [4.78, 5) is 19.3. The number of carbonyl (C=O) groups excluding carboxylic acids is 1. The van der Waals surface area contributed by atoms with Gasteiger partial charge in [0.15, 0.2) is 26.5 Å². The highest BCUT2D eigenvalue weighted by Gasteiger charge is 2.48. The number of rotatable bonds is 3. The van der Waals surface area contributed by atoms with Crippen LogP contribution in [0.4, 0.5) is 0 Å². The molecule has 1 aromatic carbocycles. The number of aliphatic imine (C=N–C) groups is 1. The Morgan fingerprint density at radius 1 is 1.14 bits per heavy atom. The Kier molecular flexibility index (Phi) is 4.98. The number of nitrogens with zero attached hydrogens (tertiary/aromatic N) is 2. The van der Waals surface area contributed by atoms with Crippen molar-refractivity contribution in [1.29, 1.82) is 0 Å². The summed E-state index contributed by atoms with van der Waals surface area (Å²) in [6, 6.07) is 5.60. The molecule has 9 heteroatoms. The van der Waals surface area contributed by atoms with Crippen molar-refractivity contribution in [1.82, 2.24) is 4.90 Å². The number of amides is 1. The molecule has 1 amide bonds. The largest absolute Gasteiger partial charge is 0.454 e. The lowest BCUT2D eigenvalue weighted by Crippen LogP contribution is -2.37. The van der Waals surface area contributed by atoms with E-state index < -0.39 is 9.84 Å². The molecule has 3 heterocycles. The average molecular weight is 437 g/mol. The fraction of sp³-hybridized carbons (Fsp3) is 0.600. The second kappa shape index (κ2) is 7.50. The first-order valence-corrected chi connectivity index (χ1v) is 12.8. The highest BCUT2D eigenvalue weighted by Crippen LogP contribution is 2.40. The smallest absolute Gasteiger partial charge is 0.251 e. The van der Waals surface area contributed by atoms with E-state index in [-0.39, 0.29) is 41.4 Å². The number of hydrogen-bond donors (Lipinski definition) is 0. The van der Waals surface area contributed by atoms with E-state index in [2.05, 4.69) is 4.99 Å². The van der Waals surface area contributed by atoms with Gasteiger partial charge < -0.3 is 14.4 Å². The van der Waals surface area contributed by atoms with E-state index in [4.69, 9.17) is 9.47 Å². The fourth-order valence-electron chi connectivity index (χ4n) is 4.59. The molecular weight excluding hydrogens is 412 g/mol. The van der Waals surface area contributed by atoms with Crippen LogP contribution in [0.15, 0.2) is 23.2 Å². The number of ether oxygens (including phenoxy) is 2. The Hall–Kier alpha value is -1.74. The van der Waals surface area contributed by atoms with Crippen molar-refractivity contribution < 1.29 is 22.7 Å². The molecule has 1 saturated carbocycles. The van der Waals surface area contributed by atoms with Gasteiger partial charge in [0.25, 0.3) is 5.91 Å². The number of benzene rings is 1. The van der Waals surface area contributed by atoms with Gasteiger partial charge in [-0.1, -0.05) is 37.1 Å². The Morgan fingerprint density at radius 2 is 1.93 bits per heavy atom. The van der Waals surface area contributed by atoms with Crippen LogP contribution in [0.5, 0.6) is 11.5 Å². The van der Waals surface area contributed by atoms with E-state index in [9.17, 15) is 13.2 Å². The van der Waals surface area contributed by atoms with Gasteiger partial charge in [0, 0.05) is 17.7 Å². The van der Waals surface area contributed by atoms with Crippen molar-refractivity contribution in [2.45, 2.75) is 49.9 Å². The van der Waals surface area contributed by atoms with Gasteiger partial charge in [-0.15, -0.1) is 0 Å². The maximum atomic E-state index is 12.8. The summed E-state index contributed by atoms with van der Waals surface area (Å²) in [6.45, 7) is 0.709. The number of hydrogen-bond acceptors (Lipinski definition) is 6. The average Bonchev–Trinajstić information content (AvgIpc) is 3.36. The molecule has 0 radical (unpaired) electrons. The van der Waals surface area contributed by atoms with Crippen molar-refractivity contribution in [2.75, 3.05) is 18.3 Å². The third kappa shape index (κ3) is 3.86. The molecule has 0 aromatic heterocycles. The minimum atomic E-state index is -3.06. The lowest BCUT2D eigenvalue weighted by atomic mass is 9.89. The van der Waals surface area contributed by atoms with E-state index in [1.807, 2.05) is 23.1 Å².